The van der Waals surface area contributed by atoms with Gasteiger partial charge in [0.05, 0.1) is 18.3 Å². The Bertz CT molecular complexity index is 1010. The standard InChI is InChI=1S/C26H34N4O2/c1-18-4-5-21(22(14-18)29-10-8-26(6-7-26)9-11-29)25(31)28-23-15-19(2)16-24(27-23)30-12-13-32-20(3)17-30/h4-5,14-16,20H,6-13,17H2,1-3H3,(H,27,28,31)/t20-/m1/s1. The molecule has 1 spiro atoms. The van der Waals surface area contributed by atoms with E-state index in [1.165, 1.54) is 31.2 Å². The molecule has 32 heavy (non-hydrogen) atoms. The SMILES string of the molecule is Cc1cc(NC(=O)c2ccc(C)cc2N2CCC3(CC2)CC3)nc(N2CCO[C@H](C)C2)c1. The van der Waals surface area contributed by atoms with Gasteiger partial charge in [0.2, 0.25) is 0 Å². The number of nitrogens with one attached hydrogen (secondary N) is 1. The van der Waals surface area contributed by atoms with Gasteiger partial charge in [-0.05, 0) is 87.3 Å². The van der Waals surface area contributed by atoms with Crippen LogP contribution in [-0.4, -0.2) is 49.8 Å². The van der Waals surface area contributed by atoms with Gasteiger partial charge in [-0.15, -0.1) is 0 Å². The lowest BCUT2D eigenvalue weighted by atomic mass is 9.92. The Morgan fingerprint density at radius 1 is 1.03 bits per heavy atom. The molecule has 1 aliphatic carbocycles. The third kappa shape index (κ3) is 4.46. The topological polar surface area (TPSA) is 57.7 Å². The second kappa shape index (κ2) is 8.39. The second-order valence-electron chi connectivity index (χ2n) is 9.98. The van der Waals surface area contributed by atoms with Gasteiger partial charge in [-0.3, -0.25) is 4.79 Å². The highest BCUT2D eigenvalue weighted by molar-refractivity contribution is 6.08. The summed E-state index contributed by atoms with van der Waals surface area (Å²) < 4.78 is 5.67. The highest BCUT2D eigenvalue weighted by Crippen LogP contribution is 2.54. The molecule has 170 valence electrons. The van der Waals surface area contributed by atoms with Crippen LogP contribution in [0.3, 0.4) is 0 Å². The van der Waals surface area contributed by atoms with E-state index in [1.54, 1.807) is 0 Å². The molecule has 1 aromatic heterocycles. The van der Waals surface area contributed by atoms with Crippen molar-refractivity contribution in [3.63, 3.8) is 0 Å². The number of carbonyl (C=O) groups is 1. The van der Waals surface area contributed by atoms with E-state index in [-0.39, 0.29) is 12.0 Å². The number of anilines is 3. The van der Waals surface area contributed by atoms with Crippen molar-refractivity contribution in [1.29, 1.82) is 0 Å². The molecule has 3 aliphatic rings. The average Bonchev–Trinajstić information content (AvgIpc) is 3.52. The van der Waals surface area contributed by atoms with Gasteiger partial charge >= 0.3 is 0 Å². The number of rotatable bonds is 4. The highest BCUT2D eigenvalue weighted by atomic mass is 16.5. The number of morpholine rings is 1. The largest absolute Gasteiger partial charge is 0.375 e. The summed E-state index contributed by atoms with van der Waals surface area (Å²) in [7, 11) is 0. The lowest BCUT2D eigenvalue weighted by Crippen LogP contribution is -2.41. The number of amides is 1. The van der Waals surface area contributed by atoms with Crippen LogP contribution in [0.25, 0.3) is 0 Å². The van der Waals surface area contributed by atoms with Crippen LogP contribution >= 0.6 is 0 Å². The zero-order valence-electron chi connectivity index (χ0n) is 19.5. The summed E-state index contributed by atoms with van der Waals surface area (Å²) in [5, 5.41) is 3.08. The van der Waals surface area contributed by atoms with Crippen LogP contribution in [0.5, 0.6) is 0 Å². The minimum atomic E-state index is -0.0916. The Morgan fingerprint density at radius 2 is 1.81 bits per heavy atom. The Kier molecular flexibility index (Phi) is 5.58. The quantitative estimate of drug-likeness (QED) is 0.765. The molecule has 3 fully saturated rings. The molecule has 1 amide bonds. The molecular formula is C26H34N4O2. The summed E-state index contributed by atoms with van der Waals surface area (Å²) in [6.45, 7) is 10.6. The van der Waals surface area contributed by atoms with Crippen LogP contribution in [0, 0.1) is 19.3 Å². The predicted molar refractivity (Wildman–Crippen MR) is 129 cm³/mol. The zero-order chi connectivity index (χ0) is 22.3. The summed E-state index contributed by atoms with van der Waals surface area (Å²) in [6.07, 6.45) is 5.42. The molecule has 2 aliphatic heterocycles. The fraction of sp³-hybridized carbons (Fsp3) is 0.538. The second-order valence-corrected chi connectivity index (χ2v) is 9.98. The average molecular weight is 435 g/mol. The summed E-state index contributed by atoms with van der Waals surface area (Å²) >= 11 is 0. The van der Waals surface area contributed by atoms with E-state index >= 15 is 0 Å². The summed E-state index contributed by atoms with van der Waals surface area (Å²) in [5.74, 6) is 1.41. The van der Waals surface area contributed by atoms with Gasteiger partial charge in [0.25, 0.3) is 5.91 Å². The van der Waals surface area contributed by atoms with Gasteiger partial charge in [0, 0.05) is 31.9 Å². The van der Waals surface area contributed by atoms with E-state index in [1.807, 2.05) is 25.1 Å². The smallest absolute Gasteiger partial charge is 0.258 e. The third-order valence-corrected chi connectivity index (χ3v) is 7.28. The van der Waals surface area contributed by atoms with Crippen molar-refractivity contribution in [2.75, 3.05) is 47.9 Å². The minimum Gasteiger partial charge on any atom is -0.375 e. The van der Waals surface area contributed by atoms with E-state index in [2.05, 4.69) is 41.1 Å². The number of nitrogens with zero attached hydrogens (tertiary/aromatic N) is 3. The molecular weight excluding hydrogens is 400 g/mol. The number of carbonyl (C=O) groups excluding carboxylic acids is 1. The van der Waals surface area contributed by atoms with E-state index in [0.717, 1.165) is 48.8 Å². The van der Waals surface area contributed by atoms with Crippen LogP contribution in [0.1, 0.15) is 54.1 Å². The molecule has 6 heteroatoms. The Hall–Kier alpha value is -2.60. The maximum Gasteiger partial charge on any atom is 0.258 e. The molecule has 1 aromatic carbocycles. The molecule has 0 bridgehead atoms. The van der Waals surface area contributed by atoms with Crippen LogP contribution in [0.4, 0.5) is 17.3 Å². The zero-order valence-corrected chi connectivity index (χ0v) is 19.5. The number of aryl methyl sites for hydroxylation is 2. The van der Waals surface area contributed by atoms with Crippen LogP contribution in [-0.2, 0) is 4.74 Å². The van der Waals surface area contributed by atoms with E-state index in [9.17, 15) is 4.79 Å². The molecule has 1 saturated carbocycles. The van der Waals surface area contributed by atoms with Gasteiger partial charge in [-0.25, -0.2) is 4.98 Å². The first-order valence-electron chi connectivity index (χ1n) is 11.9. The molecule has 2 aromatic rings. The lowest BCUT2D eigenvalue weighted by Gasteiger charge is -2.35. The van der Waals surface area contributed by atoms with Crippen molar-refractivity contribution < 1.29 is 9.53 Å². The third-order valence-electron chi connectivity index (χ3n) is 7.28. The number of ether oxygens (including phenoxy) is 1. The molecule has 1 atom stereocenters. The summed E-state index contributed by atoms with van der Waals surface area (Å²) in [4.78, 5) is 22.8. The molecule has 3 heterocycles. The van der Waals surface area contributed by atoms with E-state index in [4.69, 9.17) is 9.72 Å². The lowest BCUT2D eigenvalue weighted by molar-refractivity contribution is 0.0529. The Balaban J connectivity index is 1.36. The molecule has 1 N–H and O–H groups in total. The number of hydrogen-bond acceptors (Lipinski definition) is 5. The van der Waals surface area contributed by atoms with Crippen LogP contribution < -0.4 is 15.1 Å². The highest BCUT2D eigenvalue weighted by Gasteiger charge is 2.44. The van der Waals surface area contributed by atoms with Gasteiger partial charge < -0.3 is 19.9 Å². The fourth-order valence-corrected chi connectivity index (χ4v) is 5.08. The summed E-state index contributed by atoms with van der Waals surface area (Å²) in [6, 6.07) is 10.2. The first-order valence-corrected chi connectivity index (χ1v) is 11.9. The molecule has 0 radical (unpaired) electrons. The maximum absolute atomic E-state index is 13.4. The monoisotopic (exact) mass is 434 g/mol. The Morgan fingerprint density at radius 3 is 2.53 bits per heavy atom. The van der Waals surface area contributed by atoms with Crippen molar-refractivity contribution in [2.45, 2.75) is 52.6 Å². The Labute approximate surface area is 191 Å². The van der Waals surface area contributed by atoms with Crippen LogP contribution in [0.15, 0.2) is 30.3 Å². The number of pyridine rings is 1. The molecule has 5 rings (SSSR count). The number of aromatic nitrogens is 1. The first kappa shape index (κ1) is 21.3. The van der Waals surface area contributed by atoms with E-state index in [0.29, 0.717) is 17.8 Å². The van der Waals surface area contributed by atoms with E-state index < -0.39 is 0 Å². The molecule has 0 unspecified atom stereocenters. The number of piperidine rings is 1. The molecule has 6 nitrogen and oxygen atoms in total. The predicted octanol–water partition coefficient (Wildman–Crippen LogP) is 4.56. The fourth-order valence-electron chi connectivity index (χ4n) is 5.08. The maximum atomic E-state index is 13.4. The summed E-state index contributed by atoms with van der Waals surface area (Å²) in [5.41, 5.74) is 4.65. The molecule has 2 saturated heterocycles. The van der Waals surface area contributed by atoms with Crippen molar-refractivity contribution in [3.8, 4) is 0 Å². The number of hydrogen-bond donors (Lipinski definition) is 1. The number of benzene rings is 1. The first-order chi connectivity index (χ1) is 15.4. The van der Waals surface area contributed by atoms with Gasteiger partial charge in [0.15, 0.2) is 0 Å². The van der Waals surface area contributed by atoms with Gasteiger partial charge in [-0.2, -0.15) is 0 Å². The minimum absolute atomic E-state index is 0.0916. The van der Waals surface area contributed by atoms with Crippen molar-refractivity contribution in [3.05, 3.63) is 47.0 Å². The normalized spacial score (nSPS) is 22.2. The van der Waals surface area contributed by atoms with Gasteiger partial charge in [0.1, 0.15) is 11.6 Å². The van der Waals surface area contributed by atoms with Crippen molar-refractivity contribution in [2.24, 2.45) is 5.41 Å². The van der Waals surface area contributed by atoms with Crippen molar-refractivity contribution >= 4 is 23.2 Å². The van der Waals surface area contributed by atoms with Crippen molar-refractivity contribution in [1.82, 2.24) is 4.98 Å². The van der Waals surface area contributed by atoms with Gasteiger partial charge in [-0.1, -0.05) is 6.07 Å². The van der Waals surface area contributed by atoms with Crippen LogP contribution in [0.2, 0.25) is 0 Å².